The van der Waals surface area contributed by atoms with Crippen molar-refractivity contribution < 1.29 is 9.84 Å². The van der Waals surface area contributed by atoms with Crippen LogP contribution in [0.25, 0.3) is 0 Å². The summed E-state index contributed by atoms with van der Waals surface area (Å²) < 4.78 is 6.63. The second-order valence-electron chi connectivity index (χ2n) is 5.30. The first-order valence-corrected chi connectivity index (χ1v) is 8.44. The molecule has 1 aromatic heterocycles. The Morgan fingerprint density at radius 1 is 1.37 bits per heavy atom. The summed E-state index contributed by atoms with van der Waals surface area (Å²) in [6.45, 7) is 2.67. The Kier molecular flexibility index (Phi) is 6.14. The van der Waals surface area contributed by atoms with Crippen LogP contribution >= 0.6 is 22.9 Å². The van der Waals surface area contributed by atoms with Gasteiger partial charge in [0.2, 0.25) is 0 Å². The number of aliphatic hydroxyl groups is 1. The Labute approximate surface area is 124 Å². The average molecular weight is 303 g/mol. The molecule has 0 saturated heterocycles. The van der Waals surface area contributed by atoms with Gasteiger partial charge in [0.15, 0.2) is 0 Å². The van der Waals surface area contributed by atoms with Gasteiger partial charge in [-0.1, -0.05) is 30.9 Å². The molecule has 4 heteroatoms. The van der Waals surface area contributed by atoms with Crippen LogP contribution in [0.5, 0.6) is 0 Å². The van der Waals surface area contributed by atoms with Gasteiger partial charge in [-0.05, 0) is 37.8 Å². The quantitative estimate of drug-likeness (QED) is 0.849. The molecule has 1 N–H and O–H groups in total. The first-order valence-electron chi connectivity index (χ1n) is 7.24. The molecular weight excluding hydrogens is 280 g/mol. The van der Waals surface area contributed by atoms with Crippen LogP contribution in [0.4, 0.5) is 0 Å². The van der Waals surface area contributed by atoms with Crippen LogP contribution in [0.2, 0.25) is 4.34 Å². The molecule has 1 fully saturated rings. The molecule has 1 aliphatic carbocycles. The maximum absolute atomic E-state index is 10.5. The van der Waals surface area contributed by atoms with Crippen molar-refractivity contribution in [3.05, 3.63) is 21.3 Å². The molecule has 2 unspecified atom stereocenters. The highest BCUT2D eigenvalue weighted by Crippen LogP contribution is 2.31. The summed E-state index contributed by atoms with van der Waals surface area (Å²) in [5.74, 6) is 0.513. The summed E-state index contributed by atoms with van der Waals surface area (Å²) in [6, 6.07) is 3.89. The normalized spacial score (nSPS) is 20.4. The summed E-state index contributed by atoms with van der Waals surface area (Å²) >= 11 is 7.49. The van der Waals surface area contributed by atoms with Gasteiger partial charge in [-0.25, -0.2) is 0 Å². The Hall–Kier alpha value is -0.0900. The highest BCUT2D eigenvalue weighted by molar-refractivity contribution is 7.16. The number of ether oxygens (including phenoxy) is 1. The second kappa shape index (κ2) is 7.63. The van der Waals surface area contributed by atoms with E-state index in [1.54, 1.807) is 11.3 Å². The molecule has 1 aliphatic rings. The maximum Gasteiger partial charge on any atom is 0.0931 e. The van der Waals surface area contributed by atoms with E-state index in [2.05, 4.69) is 0 Å². The number of hydrogen-bond donors (Lipinski definition) is 1. The van der Waals surface area contributed by atoms with E-state index in [4.69, 9.17) is 16.3 Å². The zero-order valence-electron chi connectivity index (χ0n) is 11.5. The highest BCUT2D eigenvalue weighted by atomic mass is 35.5. The molecule has 108 valence electrons. The number of aliphatic hydroxyl groups excluding tert-OH is 1. The van der Waals surface area contributed by atoms with Gasteiger partial charge in [-0.3, -0.25) is 0 Å². The summed E-state index contributed by atoms with van der Waals surface area (Å²) in [5, 5.41) is 10.5. The lowest BCUT2D eigenvalue weighted by Crippen LogP contribution is -2.38. The first-order chi connectivity index (χ1) is 9.20. The van der Waals surface area contributed by atoms with Gasteiger partial charge in [-0.2, -0.15) is 0 Å². The van der Waals surface area contributed by atoms with Crippen molar-refractivity contribution >= 4 is 22.9 Å². The third kappa shape index (κ3) is 4.45. The zero-order chi connectivity index (χ0) is 13.7. The van der Waals surface area contributed by atoms with Crippen molar-refractivity contribution in [1.82, 2.24) is 0 Å². The van der Waals surface area contributed by atoms with E-state index >= 15 is 0 Å². The molecule has 0 aromatic carbocycles. The lowest BCUT2D eigenvalue weighted by Gasteiger charge is -2.33. The first kappa shape index (κ1) is 15.3. The van der Waals surface area contributed by atoms with E-state index in [1.807, 2.05) is 19.1 Å². The minimum atomic E-state index is -0.419. The number of thiophene rings is 1. The fourth-order valence-electron chi connectivity index (χ4n) is 3.00. The van der Waals surface area contributed by atoms with Crippen LogP contribution in [-0.2, 0) is 11.2 Å². The lowest BCUT2D eigenvalue weighted by atomic mass is 9.82. The van der Waals surface area contributed by atoms with Crippen LogP contribution < -0.4 is 0 Å². The summed E-state index contributed by atoms with van der Waals surface area (Å²) in [5.41, 5.74) is 0. The molecule has 2 atom stereocenters. The fraction of sp³-hybridized carbons (Fsp3) is 0.733. The SMILES string of the molecule is CCOC(C(O)Cc1ccc(Cl)s1)C1CCCCC1. The summed E-state index contributed by atoms with van der Waals surface area (Å²) in [7, 11) is 0. The van der Waals surface area contributed by atoms with Crippen LogP contribution in [0, 0.1) is 5.92 Å². The van der Waals surface area contributed by atoms with Crippen LogP contribution in [0.1, 0.15) is 43.9 Å². The van der Waals surface area contributed by atoms with Gasteiger partial charge >= 0.3 is 0 Å². The fourth-order valence-corrected chi connectivity index (χ4v) is 4.14. The molecular formula is C15H23ClO2S. The standard InChI is InChI=1S/C15H23ClO2S/c1-2-18-15(11-6-4-3-5-7-11)13(17)10-12-8-9-14(16)19-12/h8-9,11,13,15,17H,2-7,10H2,1H3. The van der Waals surface area contributed by atoms with Crippen LogP contribution in [-0.4, -0.2) is 23.9 Å². The zero-order valence-corrected chi connectivity index (χ0v) is 13.1. The predicted octanol–water partition coefficient (Wildman–Crippen LogP) is 4.29. The maximum atomic E-state index is 10.5. The van der Waals surface area contributed by atoms with Gasteiger partial charge in [0, 0.05) is 17.9 Å². The van der Waals surface area contributed by atoms with Crippen molar-refractivity contribution in [2.75, 3.05) is 6.61 Å². The van der Waals surface area contributed by atoms with E-state index in [-0.39, 0.29) is 6.10 Å². The molecule has 1 aromatic rings. The molecule has 1 saturated carbocycles. The van der Waals surface area contributed by atoms with Crippen molar-refractivity contribution in [2.45, 2.75) is 57.7 Å². The smallest absolute Gasteiger partial charge is 0.0931 e. The molecule has 19 heavy (non-hydrogen) atoms. The summed E-state index contributed by atoms with van der Waals surface area (Å²) in [6.07, 6.45) is 6.45. The molecule has 0 amide bonds. The predicted molar refractivity (Wildman–Crippen MR) is 81.0 cm³/mol. The van der Waals surface area contributed by atoms with Crippen LogP contribution in [0.3, 0.4) is 0 Å². The van der Waals surface area contributed by atoms with Gasteiger partial charge in [0.05, 0.1) is 16.5 Å². The van der Waals surface area contributed by atoms with E-state index in [1.165, 1.54) is 32.1 Å². The van der Waals surface area contributed by atoms with Crippen molar-refractivity contribution in [2.24, 2.45) is 5.92 Å². The lowest BCUT2D eigenvalue weighted by molar-refractivity contribution is -0.0713. The minimum Gasteiger partial charge on any atom is -0.390 e. The molecule has 1 heterocycles. The molecule has 0 spiro atoms. The Morgan fingerprint density at radius 3 is 2.68 bits per heavy atom. The molecule has 0 bridgehead atoms. The molecule has 0 aliphatic heterocycles. The number of hydrogen-bond acceptors (Lipinski definition) is 3. The highest BCUT2D eigenvalue weighted by Gasteiger charge is 2.30. The minimum absolute atomic E-state index is 0.0221. The van der Waals surface area contributed by atoms with Gasteiger partial charge in [0.1, 0.15) is 0 Å². The average Bonchev–Trinajstić information content (AvgIpc) is 2.82. The molecule has 0 radical (unpaired) electrons. The van der Waals surface area contributed by atoms with E-state index in [9.17, 15) is 5.11 Å². The summed E-state index contributed by atoms with van der Waals surface area (Å²) in [4.78, 5) is 1.14. The van der Waals surface area contributed by atoms with Gasteiger partial charge in [0.25, 0.3) is 0 Å². The second-order valence-corrected chi connectivity index (χ2v) is 7.09. The topological polar surface area (TPSA) is 29.5 Å². The molecule has 2 nitrogen and oxygen atoms in total. The van der Waals surface area contributed by atoms with Crippen molar-refractivity contribution in [3.8, 4) is 0 Å². The van der Waals surface area contributed by atoms with Crippen molar-refractivity contribution in [1.29, 1.82) is 0 Å². The van der Waals surface area contributed by atoms with E-state index in [0.717, 1.165) is 9.21 Å². The molecule has 2 rings (SSSR count). The van der Waals surface area contributed by atoms with E-state index in [0.29, 0.717) is 18.9 Å². The van der Waals surface area contributed by atoms with Crippen LogP contribution in [0.15, 0.2) is 12.1 Å². The Bertz CT molecular complexity index is 374. The largest absolute Gasteiger partial charge is 0.390 e. The number of rotatable bonds is 6. The van der Waals surface area contributed by atoms with Crippen molar-refractivity contribution in [3.63, 3.8) is 0 Å². The number of halogens is 1. The van der Waals surface area contributed by atoms with E-state index < -0.39 is 6.10 Å². The van der Waals surface area contributed by atoms with Gasteiger partial charge in [-0.15, -0.1) is 11.3 Å². The van der Waals surface area contributed by atoms with Gasteiger partial charge < -0.3 is 9.84 Å². The third-order valence-electron chi connectivity index (χ3n) is 3.89. The third-order valence-corrected chi connectivity index (χ3v) is 5.15. The monoisotopic (exact) mass is 302 g/mol. The Morgan fingerprint density at radius 2 is 2.11 bits per heavy atom. The Balaban J connectivity index is 1.96.